The molecule has 1 atom stereocenters. The zero-order valence-corrected chi connectivity index (χ0v) is 16.7. The Morgan fingerprint density at radius 2 is 1.57 bits per heavy atom. The highest BCUT2D eigenvalue weighted by atomic mass is 16.3. The molecule has 0 heterocycles. The largest absolute Gasteiger partial charge is 0.508 e. The van der Waals surface area contributed by atoms with Crippen LogP contribution in [-0.4, -0.2) is 10.2 Å². The Balaban J connectivity index is 1.61. The summed E-state index contributed by atoms with van der Waals surface area (Å²) in [6.07, 6.45) is 3.83. The fraction of sp³-hybridized carbons (Fsp3) is 0.308. The van der Waals surface area contributed by atoms with E-state index in [0.717, 1.165) is 36.8 Å². The fourth-order valence-electron chi connectivity index (χ4n) is 4.53. The third-order valence-corrected chi connectivity index (χ3v) is 6.26. The minimum Gasteiger partial charge on any atom is -0.508 e. The molecule has 2 N–H and O–H groups in total. The van der Waals surface area contributed by atoms with Gasteiger partial charge in [0, 0.05) is 17.0 Å². The summed E-state index contributed by atoms with van der Waals surface area (Å²) >= 11 is 0. The van der Waals surface area contributed by atoms with Crippen molar-refractivity contribution in [2.75, 3.05) is 0 Å². The van der Waals surface area contributed by atoms with Crippen molar-refractivity contribution in [2.45, 2.75) is 50.9 Å². The Morgan fingerprint density at radius 1 is 0.857 bits per heavy atom. The van der Waals surface area contributed by atoms with Crippen molar-refractivity contribution in [1.82, 2.24) is 0 Å². The molecule has 1 unspecified atom stereocenters. The van der Waals surface area contributed by atoms with Crippen molar-refractivity contribution in [2.24, 2.45) is 0 Å². The van der Waals surface area contributed by atoms with Gasteiger partial charge in [-0.05, 0) is 59.9 Å². The number of aryl methyl sites for hydroxylation is 2. The van der Waals surface area contributed by atoms with Crippen molar-refractivity contribution < 1.29 is 10.2 Å². The first kappa shape index (κ1) is 18.6. The van der Waals surface area contributed by atoms with Gasteiger partial charge in [0.1, 0.15) is 11.5 Å². The third kappa shape index (κ3) is 3.52. The molecular formula is C26H28O2. The Kier molecular flexibility index (Phi) is 4.89. The summed E-state index contributed by atoms with van der Waals surface area (Å²) in [5.41, 5.74) is 5.33. The molecule has 0 fully saturated rings. The van der Waals surface area contributed by atoms with E-state index >= 15 is 0 Å². The van der Waals surface area contributed by atoms with E-state index in [1.807, 2.05) is 6.07 Å². The fourth-order valence-corrected chi connectivity index (χ4v) is 4.53. The number of phenolic OH excluding ortho intramolecular Hbond substituents is 2. The zero-order chi connectivity index (χ0) is 19.7. The van der Waals surface area contributed by atoms with Gasteiger partial charge < -0.3 is 10.2 Å². The van der Waals surface area contributed by atoms with Crippen LogP contribution in [-0.2, 0) is 18.3 Å². The molecule has 0 spiro atoms. The lowest BCUT2D eigenvalue weighted by molar-refractivity contribution is 0.408. The summed E-state index contributed by atoms with van der Waals surface area (Å²) in [5.74, 6) is 0.737. The molecule has 3 aromatic rings. The van der Waals surface area contributed by atoms with Gasteiger partial charge in [-0.1, -0.05) is 68.4 Å². The zero-order valence-electron chi connectivity index (χ0n) is 16.7. The lowest BCUT2D eigenvalue weighted by Crippen LogP contribution is -2.18. The van der Waals surface area contributed by atoms with Crippen molar-refractivity contribution in [3.05, 3.63) is 94.5 Å². The molecule has 4 rings (SSSR count). The second kappa shape index (κ2) is 7.35. The predicted molar refractivity (Wildman–Crippen MR) is 114 cm³/mol. The first-order chi connectivity index (χ1) is 13.5. The van der Waals surface area contributed by atoms with E-state index in [-0.39, 0.29) is 17.1 Å². The average Bonchev–Trinajstić information content (AvgIpc) is 3.12. The van der Waals surface area contributed by atoms with E-state index in [4.69, 9.17) is 0 Å². The normalized spacial score (nSPS) is 16.1. The smallest absolute Gasteiger partial charge is 0.119 e. The molecule has 0 radical (unpaired) electrons. The average molecular weight is 373 g/mol. The van der Waals surface area contributed by atoms with Crippen LogP contribution in [0.5, 0.6) is 11.5 Å². The molecule has 2 nitrogen and oxygen atoms in total. The molecule has 0 bridgehead atoms. The Hall–Kier alpha value is -2.74. The first-order valence-electron chi connectivity index (χ1n) is 10.1. The van der Waals surface area contributed by atoms with E-state index in [2.05, 4.69) is 62.4 Å². The van der Waals surface area contributed by atoms with Gasteiger partial charge in [0.2, 0.25) is 0 Å². The van der Waals surface area contributed by atoms with Crippen molar-refractivity contribution in [3.8, 4) is 11.5 Å². The molecule has 0 amide bonds. The van der Waals surface area contributed by atoms with Crippen LogP contribution in [0, 0.1) is 0 Å². The van der Waals surface area contributed by atoms with E-state index in [1.165, 1.54) is 16.7 Å². The SMILES string of the molecule is CC(C)(CCc1ccccc1)c1cc(O)c(C2CCc3ccccc32)cc1O. The minimum absolute atomic E-state index is 0.156. The van der Waals surface area contributed by atoms with Crippen LogP contribution < -0.4 is 0 Å². The third-order valence-electron chi connectivity index (χ3n) is 6.26. The minimum atomic E-state index is -0.233. The molecule has 1 aliphatic rings. The molecular weight excluding hydrogens is 344 g/mol. The summed E-state index contributed by atoms with van der Waals surface area (Å²) in [6.45, 7) is 4.27. The predicted octanol–water partition coefficient (Wildman–Crippen LogP) is 6.09. The first-order valence-corrected chi connectivity index (χ1v) is 10.1. The van der Waals surface area contributed by atoms with Gasteiger partial charge in [0.25, 0.3) is 0 Å². The monoisotopic (exact) mass is 372 g/mol. The molecule has 0 aromatic heterocycles. The maximum absolute atomic E-state index is 10.8. The van der Waals surface area contributed by atoms with Gasteiger partial charge in [0.05, 0.1) is 0 Å². The topological polar surface area (TPSA) is 40.5 Å². The van der Waals surface area contributed by atoms with Crippen molar-refractivity contribution in [3.63, 3.8) is 0 Å². The number of hydrogen-bond acceptors (Lipinski definition) is 2. The number of benzene rings is 3. The van der Waals surface area contributed by atoms with Gasteiger partial charge in [-0.2, -0.15) is 0 Å². The maximum Gasteiger partial charge on any atom is 0.119 e. The van der Waals surface area contributed by atoms with Crippen LogP contribution in [0.1, 0.15) is 60.4 Å². The summed E-state index contributed by atoms with van der Waals surface area (Å²) in [4.78, 5) is 0. The van der Waals surface area contributed by atoms with Crippen LogP contribution >= 0.6 is 0 Å². The maximum atomic E-state index is 10.8. The molecule has 0 saturated carbocycles. The van der Waals surface area contributed by atoms with Crippen LogP contribution in [0.15, 0.2) is 66.7 Å². The van der Waals surface area contributed by atoms with E-state index in [9.17, 15) is 10.2 Å². The Morgan fingerprint density at radius 3 is 2.36 bits per heavy atom. The van der Waals surface area contributed by atoms with Gasteiger partial charge >= 0.3 is 0 Å². The van der Waals surface area contributed by atoms with Crippen LogP contribution in [0.25, 0.3) is 0 Å². The molecule has 1 aliphatic carbocycles. The standard InChI is InChI=1S/C26H28O2/c1-26(2,15-14-18-8-4-3-5-9-18)23-17-24(27)22(16-25(23)28)21-13-12-19-10-6-7-11-20(19)21/h3-11,16-17,21,27-28H,12-15H2,1-2H3. The van der Waals surface area contributed by atoms with Crippen molar-refractivity contribution >= 4 is 0 Å². The highest BCUT2D eigenvalue weighted by molar-refractivity contribution is 5.53. The Labute approximate surface area is 167 Å². The van der Waals surface area contributed by atoms with Gasteiger partial charge in [-0.3, -0.25) is 0 Å². The van der Waals surface area contributed by atoms with Crippen molar-refractivity contribution in [1.29, 1.82) is 0 Å². The van der Waals surface area contributed by atoms with Crippen LogP contribution in [0.2, 0.25) is 0 Å². The number of phenols is 2. The molecule has 144 valence electrons. The molecule has 3 aromatic carbocycles. The summed E-state index contributed by atoms with van der Waals surface area (Å²) in [6, 6.07) is 22.4. The number of aromatic hydroxyl groups is 2. The molecule has 0 aliphatic heterocycles. The summed E-state index contributed by atoms with van der Waals surface area (Å²) in [5, 5.41) is 21.7. The van der Waals surface area contributed by atoms with Gasteiger partial charge in [-0.25, -0.2) is 0 Å². The molecule has 0 saturated heterocycles. The summed E-state index contributed by atoms with van der Waals surface area (Å²) < 4.78 is 0. The number of rotatable bonds is 5. The Bertz CT molecular complexity index is 973. The summed E-state index contributed by atoms with van der Waals surface area (Å²) in [7, 11) is 0. The quantitative estimate of drug-likeness (QED) is 0.532. The number of fused-ring (bicyclic) bond motifs is 1. The highest BCUT2D eigenvalue weighted by Gasteiger charge is 2.30. The molecule has 28 heavy (non-hydrogen) atoms. The van der Waals surface area contributed by atoms with Gasteiger partial charge in [0.15, 0.2) is 0 Å². The molecule has 2 heteroatoms. The second-order valence-corrected chi connectivity index (χ2v) is 8.59. The van der Waals surface area contributed by atoms with E-state index in [0.29, 0.717) is 5.75 Å². The lowest BCUT2D eigenvalue weighted by Gasteiger charge is -2.28. The van der Waals surface area contributed by atoms with Crippen LogP contribution in [0.4, 0.5) is 0 Å². The highest BCUT2D eigenvalue weighted by Crippen LogP contribution is 2.45. The second-order valence-electron chi connectivity index (χ2n) is 8.59. The lowest BCUT2D eigenvalue weighted by atomic mass is 9.78. The van der Waals surface area contributed by atoms with E-state index in [1.54, 1.807) is 12.1 Å². The van der Waals surface area contributed by atoms with Crippen LogP contribution in [0.3, 0.4) is 0 Å². The van der Waals surface area contributed by atoms with Gasteiger partial charge in [-0.15, -0.1) is 0 Å². The number of hydrogen-bond donors (Lipinski definition) is 2. The van der Waals surface area contributed by atoms with E-state index < -0.39 is 0 Å².